The monoisotopic (exact) mass is 275 g/mol. The molecular weight excluding hydrogens is 269 g/mol. The smallest absolute Gasteiger partial charge is 0.263 e. The number of benzene rings is 1. The van der Waals surface area contributed by atoms with Crippen molar-refractivity contribution in [2.45, 2.75) is 0 Å². The van der Waals surface area contributed by atoms with Crippen LogP contribution < -0.4 is 8.27 Å². The highest BCUT2D eigenvalue weighted by molar-refractivity contribution is 14.2. The molecule has 0 aromatic heterocycles. The lowest BCUT2D eigenvalue weighted by Gasteiger charge is -2.01. The molecule has 0 aliphatic carbocycles. The molecule has 4 heteroatoms. The Morgan fingerprint density at radius 3 is 3.08 bits per heavy atom. The van der Waals surface area contributed by atoms with Gasteiger partial charge in [-0.3, -0.25) is 8.32 Å². The molecule has 0 saturated heterocycles. The summed E-state index contributed by atoms with van der Waals surface area (Å²) in [4.78, 5) is 11.3. The van der Waals surface area contributed by atoms with Crippen LogP contribution in [0.3, 0.4) is 0 Å². The van der Waals surface area contributed by atoms with Gasteiger partial charge in [-0.15, -0.1) is 0 Å². The van der Waals surface area contributed by atoms with E-state index >= 15 is 0 Å². The molecule has 1 aliphatic rings. The molecular formula is C8H6INO2. The molecule has 0 atom stereocenters. The number of carbonyl (C=O) groups excluding carboxylic acids is 1. The fourth-order valence-corrected chi connectivity index (χ4v) is 2.05. The molecule has 1 N–H and O–H groups in total. The lowest BCUT2D eigenvalue weighted by Crippen LogP contribution is -2.11. The van der Waals surface area contributed by atoms with E-state index in [1.807, 2.05) is 12.1 Å². The number of ether oxygens (including phenoxy) is 1. The van der Waals surface area contributed by atoms with Crippen LogP contribution in [0.1, 0.15) is 10.4 Å². The zero-order valence-electron chi connectivity index (χ0n) is 6.08. The maximum absolute atomic E-state index is 11.3. The van der Waals surface area contributed by atoms with Gasteiger partial charge in [-0.05, 0) is 12.1 Å². The van der Waals surface area contributed by atoms with E-state index in [0.717, 1.165) is 0 Å². The standard InChI is InChI=1S/C8H6INO2/c11-8-6-3-1-2-4-7(6)12-5-9-10-8/h1-5H,(H,10,11). The Morgan fingerprint density at radius 2 is 2.17 bits per heavy atom. The predicted molar refractivity (Wildman–Crippen MR) is 54.6 cm³/mol. The number of fused-ring (bicyclic) bond motifs is 1. The summed E-state index contributed by atoms with van der Waals surface area (Å²) in [6, 6.07) is 7.23. The summed E-state index contributed by atoms with van der Waals surface area (Å²) >= 11 is -0.448. The van der Waals surface area contributed by atoms with Crippen molar-refractivity contribution in [1.29, 1.82) is 0 Å². The van der Waals surface area contributed by atoms with Gasteiger partial charge in [-0.1, -0.05) is 12.1 Å². The first-order valence-corrected chi connectivity index (χ1v) is 5.70. The molecule has 2 rings (SSSR count). The van der Waals surface area contributed by atoms with E-state index in [1.165, 1.54) is 0 Å². The van der Waals surface area contributed by atoms with E-state index in [4.69, 9.17) is 4.74 Å². The molecule has 0 unspecified atom stereocenters. The lowest BCUT2D eigenvalue weighted by atomic mass is 10.2. The number of halogens is 1. The van der Waals surface area contributed by atoms with Crippen LogP contribution in [0.5, 0.6) is 5.75 Å². The summed E-state index contributed by atoms with van der Waals surface area (Å²) in [5.74, 6) is 0.611. The summed E-state index contributed by atoms with van der Waals surface area (Å²) < 4.78 is 9.73. The first kappa shape index (κ1) is 7.72. The van der Waals surface area contributed by atoms with Crippen molar-refractivity contribution in [3.63, 3.8) is 0 Å². The molecule has 0 spiro atoms. The maximum atomic E-state index is 11.3. The second kappa shape index (κ2) is 3.22. The highest BCUT2D eigenvalue weighted by Crippen LogP contribution is 2.19. The fraction of sp³-hybridized carbons (Fsp3) is 0. The van der Waals surface area contributed by atoms with Crippen molar-refractivity contribution in [3.05, 3.63) is 29.8 Å². The van der Waals surface area contributed by atoms with Crippen LogP contribution in [0.25, 0.3) is 0 Å². The van der Waals surface area contributed by atoms with Gasteiger partial charge in [-0.2, -0.15) is 0 Å². The predicted octanol–water partition coefficient (Wildman–Crippen LogP) is 1.45. The highest BCUT2D eigenvalue weighted by Gasteiger charge is 2.12. The van der Waals surface area contributed by atoms with Crippen LogP contribution in [0.15, 0.2) is 24.3 Å². The van der Waals surface area contributed by atoms with Crippen LogP contribution in [0, 0.1) is 0 Å². The Balaban J connectivity index is 2.52. The van der Waals surface area contributed by atoms with E-state index in [0.29, 0.717) is 11.3 Å². The first-order chi connectivity index (χ1) is 5.88. The van der Waals surface area contributed by atoms with Crippen LogP contribution >= 0.6 is 21.0 Å². The summed E-state index contributed by atoms with van der Waals surface area (Å²) in [5.41, 5.74) is 0.617. The van der Waals surface area contributed by atoms with E-state index < -0.39 is 21.0 Å². The Kier molecular flexibility index (Phi) is 2.07. The minimum absolute atomic E-state index is 0.0350. The van der Waals surface area contributed by atoms with Crippen LogP contribution in [-0.4, -0.2) is 10.1 Å². The number of nitrogens with one attached hydrogen (secondary N) is 1. The minimum atomic E-state index is -0.448. The van der Waals surface area contributed by atoms with E-state index in [-0.39, 0.29) is 5.91 Å². The summed E-state index contributed by atoms with van der Waals surface area (Å²) in [5, 5.41) is 0. The number of hydrogen-bond donors (Lipinski definition) is 1. The number of hydrogen-bond acceptors (Lipinski definition) is 2. The van der Waals surface area contributed by atoms with E-state index in [2.05, 4.69) is 3.53 Å². The number of para-hydroxylation sites is 1. The maximum Gasteiger partial charge on any atom is 0.263 e. The lowest BCUT2D eigenvalue weighted by molar-refractivity contribution is 0.0988. The second-order valence-electron chi connectivity index (χ2n) is 2.24. The summed E-state index contributed by atoms with van der Waals surface area (Å²) in [6.07, 6.45) is 0. The fourth-order valence-electron chi connectivity index (χ4n) is 0.950. The van der Waals surface area contributed by atoms with Gasteiger partial charge in [-0.25, -0.2) is 0 Å². The normalized spacial score (nSPS) is 14.8. The van der Waals surface area contributed by atoms with Crippen molar-refractivity contribution in [2.24, 2.45) is 0 Å². The molecule has 3 nitrogen and oxygen atoms in total. The Labute approximate surface area is 79.8 Å². The quantitative estimate of drug-likeness (QED) is 0.575. The molecule has 1 amide bonds. The SMILES string of the molecule is O=C1NI=COc2ccccc21. The van der Waals surface area contributed by atoms with Crippen LogP contribution in [-0.2, 0) is 0 Å². The third-order valence-electron chi connectivity index (χ3n) is 1.49. The zero-order valence-corrected chi connectivity index (χ0v) is 8.24. The van der Waals surface area contributed by atoms with Gasteiger partial charge in [0.05, 0.1) is 5.56 Å². The number of rotatable bonds is 0. The van der Waals surface area contributed by atoms with Crippen LogP contribution in [0.4, 0.5) is 0 Å². The van der Waals surface area contributed by atoms with E-state index in [1.54, 1.807) is 16.3 Å². The van der Waals surface area contributed by atoms with Gasteiger partial charge in [0.25, 0.3) is 5.91 Å². The third kappa shape index (κ3) is 1.34. The van der Waals surface area contributed by atoms with Crippen LogP contribution in [0.2, 0.25) is 0 Å². The molecule has 0 radical (unpaired) electrons. The highest BCUT2D eigenvalue weighted by atomic mass is 127. The third-order valence-corrected chi connectivity index (χ3v) is 2.80. The minimum Gasteiger partial charge on any atom is -0.457 e. The molecule has 1 aromatic carbocycles. The average molecular weight is 275 g/mol. The topological polar surface area (TPSA) is 38.3 Å². The molecule has 0 bridgehead atoms. The molecule has 62 valence electrons. The van der Waals surface area contributed by atoms with Crippen molar-refractivity contribution >= 4 is 31.1 Å². The Morgan fingerprint density at radius 1 is 1.33 bits per heavy atom. The second-order valence-corrected chi connectivity index (χ2v) is 3.91. The summed E-state index contributed by atoms with van der Waals surface area (Å²) in [7, 11) is 0. The van der Waals surface area contributed by atoms with Crippen molar-refractivity contribution in [3.8, 4) is 5.75 Å². The molecule has 1 aromatic rings. The van der Waals surface area contributed by atoms with Gasteiger partial charge >= 0.3 is 0 Å². The van der Waals surface area contributed by atoms with Gasteiger partial charge in [0.2, 0.25) is 0 Å². The van der Waals surface area contributed by atoms with Crippen molar-refractivity contribution in [2.75, 3.05) is 0 Å². The molecule has 0 saturated carbocycles. The first-order valence-electron chi connectivity index (χ1n) is 3.38. The molecule has 0 fully saturated rings. The van der Waals surface area contributed by atoms with E-state index in [9.17, 15) is 4.79 Å². The Hall–Kier alpha value is -0.910. The van der Waals surface area contributed by atoms with Gasteiger partial charge < -0.3 is 4.74 Å². The number of carbonyl (C=O) groups is 1. The average Bonchev–Trinajstić information content (AvgIpc) is 2.29. The molecule has 12 heavy (non-hydrogen) atoms. The summed E-state index contributed by atoms with van der Waals surface area (Å²) in [6.45, 7) is 0. The Bertz CT molecular complexity index is 349. The molecule has 1 aliphatic heterocycles. The van der Waals surface area contributed by atoms with Crippen molar-refractivity contribution in [1.82, 2.24) is 3.53 Å². The van der Waals surface area contributed by atoms with Gasteiger partial charge in [0.15, 0.2) is 0 Å². The zero-order chi connectivity index (χ0) is 8.39. The largest absolute Gasteiger partial charge is 0.457 e. The van der Waals surface area contributed by atoms with Crippen molar-refractivity contribution < 1.29 is 9.53 Å². The van der Waals surface area contributed by atoms with Gasteiger partial charge in [0, 0.05) is 21.0 Å². The molecule has 1 heterocycles. The number of amides is 1. The van der Waals surface area contributed by atoms with Gasteiger partial charge in [0.1, 0.15) is 9.95 Å².